The number of hydrogen-bond acceptors (Lipinski definition) is 5. The standard InChI is InChI=1S/C19H17N7O/c1-25-18(22-11-23-25)19(27)26-9-8-14-16(21-10-20-14)17(26)15-7-6-12-4-2-3-5-13(12)24-15/h2-7,10-11,17H,8-9H2,1H3,(H,20,21)/t17-/m0/s1. The second-order valence-electron chi connectivity index (χ2n) is 6.55. The highest BCUT2D eigenvalue weighted by atomic mass is 16.2. The maximum absolute atomic E-state index is 13.2. The summed E-state index contributed by atoms with van der Waals surface area (Å²) in [6.45, 7) is 0.556. The molecule has 0 aliphatic carbocycles. The van der Waals surface area contributed by atoms with Crippen LogP contribution in [0.5, 0.6) is 0 Å². The zero-order chi connectivity index (χ0) is 18.4. The third kappa shape index (κ3) is 2.49. The molecule has 1 atom stereocenters. The molecule has 1 aromatic carbocycles. The molecule has 1 amide bonds. The van der Waals surface area contributed by atoms with Crippen LogP contribution in [0.25, 0.3) is 10.9 Å². The molecule has 1 aliphatic heterocycles. The van der Waals surface area contributed by atoms with Gasteiger partial charge in [0.25, 0.3) is 5.91 Å². The van der Waals surface area contributed by atoms with Crippen molar-refractivity contribution in [1.82, 2.24) is 34.6 Å². The average molecular weight is 359 g/mol. The number of hydrogen-bond donors (Lipinski definition) is 1. The van der Waals surface area contributed by atoms with Crippen molar-refractivity contribution in [2.45, 2.75) is 12.5 Å². The van der Waals surface area contributed by atoms with Crippen LogP contribution in [0.1, 0.15) is 33.7 Å². The van der Waals surface area contributed by atoms with Crippen LogP contribution in [0.15, 0.2) is 49.1 Å². The van der Waals surface area contributed by atoms with Crippen LogP contribution >= 0.6 is 0 Å². The third-order valence-electron chi connectivity index (χ3n) is 4.99. The molecule has 0 saturated carbocycles. The summed E-state index contributed by atoms with van der Waals surface area (Å²) in [4.78, 5) is 31.6. The number of carbonyl (C=O) groups excluding carboxylic acids is 1. The Morgan fingerprint density at radius 2 is 2.07 bits per heavy atom. The Labute approximate surface area is 154 Å². The number of amides is 1. The summed E-state index contributed by atoms with van der Waals surface area (Å²) < 4.78 is 1.49. The van der Waals surface area contributed by atoms with Gasteiger partial charge in [-0.25, -0.2) is 14.6 Å². The Morgan fingerprint density at radius 1 is 1.19 bits per heavy atom. The van der Waals surface area contributed by atoms with E-state index >= 15 is 0 Å². The van der Waals surface area contributed by atoms with Gasteiger partial charge < -0.3 is 9.88 Å². The van der Waals surface area contributed by atoms with Crippen LogP contribution in [-0.4, -0.2) is 47.1 Å². The van der Waals surface area contributed by atoms with Gasteiger partial charge in [-0.05, 0) is 12.1 Å². The summed E-state index contributed by atoms with van der Waals surface area (Å²) in [5, 5.41) is 5.09. The molecule has 8 heteroatoms. The van der Waals surface area contributed by atoms with Crippen molar-refractivity contribution in [1.29, 1.82) is 0 Å². The van der Waals surface area contributed by atoms with E-state index in [1.54, 1.807) is 18.3 Å². The minimum atomic E-state index is -0.367. The highest BCUT2D eigenvalue weighted by molar-refractivity contribution is 5.91. The number of nitrogens with zero attached hydrogens (tertiary/aromatic N) is 6. The Morgan fingerprint density at radius 3 is 2.93 bits per heavy atom. The number of fused-ring (bicyclic) bond motifs is 2. The summed E-state index contributed by atoms with van der Waals surface area (Å²) in [6.07, 6.45) is 3.78. The van der Waals surface area contributed by atoms with Gasteiger partial charge in [-0.15, -0.1) is 0 Å². The van der Waals surface area contributed by atoms with Gasteiger partial charge in [0.05, 0.1) is 23.2 Å². The summed E-state index contributed by atoms with van der Waals surface area (Å²) >= 11 is 0. The van der Waals surface area contributed by atoms with Crippen LogP contribution in [0.2, 0.25) is 0 Å². The maximum Gasteiger partial charge on any atom is 0.292 e. The minimum Gasteiger partial charge on any atom is -0.348 e. The Balaban J connectivity index is 1.64. The van der Waals surface area contributed by atoms with Crippen LogP contribution in [-0.2, 0) is 13.5 Å². The molecule has 8 nitrogen and oxygen atoms in total. The number of aromatic amines is 1. The van der Waals surface area contributed by atoms with Crippen LogP contribution in [0.3, 0.4) is 0 Å². The van der Waals surface area contributed by atoms with E-state index in [0.717, 1.165) is 28.0 Å². The van der Waals surface area contributed by atoms with E-state index in [2.05, 4.69) is 20.1 Å². The zero-order valence-corrected chi connectivity index (χ0v) is 14.7. The minimum absolute atomic E-state index is 0.177. The van der Waals surface area contributed by atoms with Gasteiger partial charge in [-0.1, -0.05) is 24.3 Å². The fourth-order valence-corrected chi connectivity index (χ4v) is 3.65. The molecule has 134 valence electrons. The van der Waals surface area contributed by atoms with E-state index in [0.29, 0.717) is 18.8 Å². The van der Waals surface area contributed by atoms with E-state index in [-0.39, 0.29) is 11.9 Å². The average Bonchev–Trinajstić information content (AvgIpc) is 3.35. The number of aryl methyl sites for hydroxylation is 1. The van der Waals surface area contributed by atoms with E-state index in [1.807, 2.05) is 36.4 Å². The van der Waals surface area contributed by atoms with Gasteiger partial charge in [-0.3, -0.25) is 9.78 Å². The van der Waals surface area contributed by atoms with Gasteiger partial charge in [0.1, 0.15) is 12.4 Å². The van der Waals surface area contributed by atoms with Crippen molar-refractivity contribution in [3.8, 4) is 0 Å². The first-order valence-electron chi connectivity index (χ1n) is 8.75. The number of aromatic nitrogens is 6. The van der Waals surface area contributed by atoms with Gasteiger partial charge in [0, 0.05) is 31.1 Å². The van der Waals surface area contributed by atoms with Crippen molar-refractivity contribution in [3.63, 3.8) is 0 Å². The van der Waals surface area contributed by atoms with Gasteiger partial charge in [0.2, 0.25) is 5.82 Å². The number of pyridine rings is 1. The molecule has 4 aromatic rings. The lowest BCUT2D eigenvalue weighted by atomic mass is 9.98. The number of imidazole rings is 1. The molecule has 27 heavy (non-hydrogen) atoms. The molecule has 4 heterocycles. The van der Waals surface area contributed by atoms with E-state index in [9.17, 15) is 4.79 Å². The first kappa shape index (κ1) is 15.7. The van der Waals surface area contributed by atoms with Gasteiger partial charge >= 0.3 is 0 Å². The number of nitrogens with one attached hydrogen (secondary N) is 1. The van der Waals surface area contributed by atoms with E-state index in [1.165, 1.54) is 11.0 Å². The Hall–Kier alpha value is -3.55. The number of benzene rings is 1. The molecule has 3 aromatic heterocycles. The van der Waals surface area contributed by atoms with Crippen LogP contribution in [0, 0.1) is 0 Å². The third-order valence-corrected chi connectivity index (χ3v) is 4.99. The van der Waals surface area contributed by atoms with Gasteiger partial charge in [-0.2, -0.15) is 5.10 Å². The first-order valence-corrected chi connectivity index (χ1v) is 8.75. The van der Waals surface area contributed by atoms with Crippen molar-refractivity contribution >= 4 is 16.8 Å². The van der Waals surface area contributed by atoms with Crippen molar-refractivity contribution in [2.75, 3.05) is 6.54 Å². The summed E-state index contributed by atoms with van der Waals surface area (Å²) in [5.41, 5.74) is 3.55. The number of carbonyl (C=O) groups is 1. The molecule has 1 aliphatic rings. The SMILES string of the molecule is Cn1ncnc1C(=O)N1CCc2[nH]cnc2[C@@H]1c1ccc2ccccc2n1. The molecule has 0 saturated heterocycles. The summed E-state index contributed by atoms with van der Waals surface area (Å²) in [6, 6.07) is 11.6. The quantitative estimate of drug-likeness (QED) is 0.590. The molecule has 0 unspecified atom stereocenters. The first-order chi connectivity index (χ1) is 13.2. The van der Waals surface area contributed by atoms with Crippen LogP contribution in [0.4, 0.5) is 0 Å². The molecular weight excluding hydrogens is 342 g/mol. The lowest BCUT2D eigenvalue weighted by Crippen LogP contribution is -2.42. The van der Waals surface area contributed by atoms with Crippen LogP contribution < -0.4 is 0 Å². The highest BCUT2D eigenvalue weighted by Crippen LogP contribution is 2.34. The molecule has 0 bridgehead atoms. The van der Waals surface area contributed by atoms with Crippen molar-refractivity contribution in [3.05, 3.63) is 72.0 Å². The fraction of sp³-hybridized carbons (Fsp3) is 0.211. The fourth-order valence-electron chi connectivity index (χ4n) is 3.65. The maximum atomic E-state index is 13.2. The molecular formula is C19H17N7O. The second-order valence-corrected chi connectivity index (χ2v) is 6.55. The number of H-pyrrole nitrogens is 1. The predicted molar refractivity (Wildman–Crippen MR) is 97.9 cm³/mol. The largest absolute Gasteiger partial charge is 0.348 e. The topological polar surface area (TPSA) is 92.6 Å². The highest BCUT2D eigenvalue weighted by Gasteiger charge is 2.36. The predicted octanol–water partition coefficient (Wildman–Crippen LogP) is 1.87. The molecule has 0 fully saturated rings. The lowest BCUT2D eigenvalue weighted by Gasteiger charge is -2.34. The molecule has 5 rings (SSSR count). The smallest absolute Gasteiger partial charge is 0.292 e. The van der Waals surface area contributed by atoms with Crippen molar-refractivity contribution in [2.24, 2.45) is 7.05 Å². The summed E-state index contributed by atoms with van der Waals surface area (Å²) in [7, 11) is 1.72. The second kappa shape index (κ2) is 6.01. The number of rotatable bonds is 2. The Kier molecular flexibility index (Phi) is 3.49. The molecule has 1 N–H and O–H groups in total. The van der Waals surface area contributed by atoms with E-state index in [4.69, 9.17) is 4.98 Å². The Bertz CT molecular complexity index is 1150. The normalized spacial score (nSPS) is 16.5. The molecule has 0 spiro atoms. The summed E-state index contributed by atoms with van der Waals surface area (Å²) in [5.74, 6) is 0.128. The number of para-hydroxylation sites is 1. The monoisotopic (exact) mass is 359 g/mol. The molecule has 0 radical (unpaired) electrons. The van der Waals surface area contributed by atoms with Crippen molar-refractivity contribution < 1.29 is 4.79 Å². The lowest BCUT2D eigenvalue weighted by molar-refractivity contribution is 0.0669. The zero-order valence-electron chi connectivity index (χ0n) is 14.7. The van der Waals surface area contributed by atoms with Gasteiger partial charge in [0.15, 0.2) is 0 Å². The van der Waals surface area contributed by atoms with E-state index < -0.39 is 0 Å².